The molecule has 0 aromatic heterocycles. The quantitative estimate of drug-likeness (QED) is 0.844. The highest BCUT2D eigenvalue weighted by Crippen LogP contribution is 2.34. The summed E-state index contributed by atoms with van der Waals surface area (Å²) in [4.78, 5) is 17.8. The van der Waals surface area contributed by atoms with E-state index in [0.717, 1.165) is 49.4 Å². The molecule has 5 nitrogen and oxygen atoms in total. The molecule has 5 heteroatoms. The summed E-state index contributed by atoms with van der Waals surface area (Å²) >= 11 is 0. The maximum absolute atomic E-state index is 13.2. The van der Waals surface area contributed by atoms with E-state index in [1.807, 2.05) is 18.2 Å². The van der Waals surface area contributed by atoms with E-state index in [4.69, 9.17) is 9.47 Å². The minimum Gasteiger partial charge on any atom is -0.497 e. The van der Waals surface area contributed by atoms with E-state index in [1.165, 1.54) is 12.8 Å². The minimum atomic E-state index is -0.0618. The number of carbonyl (C=O) groups is 1. The molecule has 2 fully saturated rings. The monoisotopic (exact) mass is 344 g/mol. The SMILES string of the molecule is COc1ccc2c(c1)OC[C@H](C(=O)N1CCC[C@@H]1[C@H]1CCCN1C)C2. The van der Waals surface area contributed by atoms with E-state index in [2.05, 4.69) is 16.8 Å². The van der Waals surface area contributed by atoms with Crippen molar-refractivity contribution in [2.75, 3.05) is 33.9 Å². The van der Waals surface area contributed by atoms with Gasteiger partial charge < -0.3 is 19.3 Å². The van der Waals surface area contributed by atoms with Crippen LogP contribution in [0.1, 0.15) is 31.2 Å². The van der Waals surface area contributed by atoms with Crippen molar-refractivity contribution >= 4 is 5.91 Å². The number of likely N-dealkylation sites (tertiary alicyclic amines) is 2. The van der Waals surface area contributed by atoms with Gasteiger partial charge in [-0.15, -0.1) is 0 Å². The molecule has 1 amide bonds. The summed E-state index contributed by atoms with van der Waals surface area (Å²) in [6.07, 6.45) is 5.50. The summed E-state index contributed by atoms with van der Waals surface area (Å²) < 4.78 is 11.2. The van der Waals surface area contributed by atoms with Crippen LogP contribution in [-0.4, -0.2) is 61.6 Å². The average Bonchev–Trinajstić information content (AvgIpc) is 3.28. The third kappa shape index (κ3) is 3.10. The van der Waals surface area contributed by atoms with Crippen molar-refractivity contribution in [3.05, 3.63) is 23.8 Å². The van der Waals surface area contributed by atoms with Crippen LogP contribution in [0.5, 0.6) is 11.5 Å². The zero-order valence-corrected chi connectivity index (χ0v) is 15.2. The molecule has 3 atom stereocenters. The van der Waals surface area contributed by atoms with Crippen LogP contribution in [0.2, 0.25) is 0 Å². The van der Waals surface area contributed by atoms with E-state index < -0.39 is 0 Å². The number of carbonyl (C=O) groups excluding carboxylic acids is 1. The first-order valence-electron chi connectivity index (χ1n) is 9.48. The van der Waals surface area contributed by atoms with Gasteiger partial charge in [-0.2, -0.15) is 0 Å². The number of hydrogen-bond donors (Lipinski definition) is 0. The highest BCUT2D eigenvalue weighted by atomic mass is 16.5. The van der Waals surface area contributed by atoms with Crippen LogP contribution < -0.4 is 9.47 Å². The molecule has 0 spiro atoms. The number of benzene rings is 1. The van der Waals surface area contributed by atoms with Gasteiger partial charge in [0.1, 0.15) is 18.1 Å². The summed E-state index contributed by atoms with van der Waals surface area (Å²) in [5.41, 5.74) is 1.11. The molecule has 3 heterocycles. The Morgan fingerprint density at radius 1 is 1.20 bits per heavy atom. The van der Waals surface area contributed by atoms with Crippen LogP contribution in [0.15, 0.2) is 18.2 Å². The van der Waals surface area contributed by atoms with Gasteiger partial charge in [0.05, 0.1) is 13.0 Å². The highest BCUT2D eigenvalue weighted by molar-refractivity contribution is 5.80. The Bertz CT molecular complexity index is 648. The lowest BCUT2D eigenvalue weighted by Gasteiger charge is -2.36. The van der Waals surface area contributed by atoms with Crippen LogP contribution >= 0.6 is 0 Å². The number of methoxy groups -OCH3 is 1. The fourth-order valence-electron chi connectivity index (χ4n) is 4.76. The zero-order chi connectivity index (χ0) is 17.4. The lowest BCUT2D eigenvalue weighted by Crippen LogP contribution is -2.50. The molecule has 0 radical (unpaired) electrons. The fraction of sp³-hybridized carbons (Fsp3) is 0.650. The Morgan fingerprint density at radius 2 is 2.00 bits per heavy atom. The Kier molecular flexibility index (Phi) is 4.59. The van der Waals surface area contributed by atoms with Crippen molar-refractivity contribution in [1.29, 1.82) is 0 Å². The number of rotatable bonds is 3. The largest absolute Gasteiger partial charge is 0.497 e. The molecule has 0 N–H and O–H groups in total. The van der Waals surface area contributed by atoms with Crippen LogP contribution in [0, 0.1) is 5.92 Å². The number of amides is 1. The summed E-state index contributed by atoms with van der Waals surface area (Å²) in [6, 6.07) is 6.81. The Morgan fingerprint density at radius 3 is 2.76 bits per heavy atom. The Balaban J connectivity index is 1.47. The average molecular weight is 344 g/mol. The minimum absolute atomic E-state index is 0.0618. The zero-order valence-electron chi connectivity index (χ0n) is 15.2. The molecule has 0 aliphatic carbocycles. The Labute approximate surface area is 149 Å². The number of nitrogens with zero attached hydrogens (tertiary/aromatic N) is 2. The van der Waals surface area contributed by atoms with Crippen LogP contribution in [0.3, 0.4) is 0 Å². The molecule has 0 bridgehead atoms. The van der Waals surface area contributed by atoms with Crippen molar-refractivity contribution in [2.24, 2.45) is 5.92 Å². The number of likely N-dealkylation sites (N-methyl/N-ethyl adjacent to an activating group) is 1. The van der Waals surface area contributed by atoms with E-state index in [0.29, 0.717) is 18.7 Å². The van der Waals surface area contributed by atoms with Crippen LogP contribution in [0.4, 0.5) is 0 Å². The third-order valence-corrected chi connectivity index (χ3v) is 6.13. The first-order chi connectivity index (χ1) is 12.2. The molecule has 0 saturated carbocycles. The van der Waals surface area contributed by atoms with Crippen molar-refractivity contribution < 1.29 is 14.3 Å². The highest BCUT2D eigenvalue weighted by Gasteiger charge is 2.41. The molecule has 1 aromatic rings. The van der Waals surface area contributed by atoms with Gasteiger partial charge in [0, 0.05) is 24.7 Å². The number of ether oxygens (including phenoxy) is 2. The molecule has 25 heavy (non-hydrogen) atoms. The second kappa shape index (κ2) is 6.87. The predicted octanol–water partition coefficient (Wildman–Crippen LogP) is 2.33. The molecular formula is C20H28N2O3. The lowest BCUT2D eigenvalue weighted by atomic mass is 9.94. The Hall–Kier alpha value is -1.75. The van der Waals surface area contributed by atoms with Gasteiger partial charge in [0.2, 0.25) is 5.91 Å². The van der Waals surface area contributed by atoms with Gasteiger partial charge in [-0.05, 0) is 57.3 Å². The van der Waals surface area contributed by atoms with Gasteiger partial charge in [-0.25, -0.2) is 0 Å². The van der Waals surface area contributed by atoms with E-state index in [-0.39, 0.29) is 11.8 Å². The van der Waals surface area contributed by atoms with Gasteiger partial charge in [0.25, 0.3) is 0 Å². The van der Waals surface area contributed by atoms with Crippen LogP contribution in [0.25, 0.3) is 0 Å². The summed E-state index contributed by atoms with van der Waals surface area (Å²) in [5.74, 6) is 1.88. The molecule has 0 unspecified atom stereocenters. The predicted molar refractivity (Wildman–Crippen MR) is 96.1 cm³/mol. The lowest BCUT2D eigenvalue weighted by molar-refractivity contribution is -0.138. The smallest absolute Gasteiger partial charge is 0.229 e. The third-order valence-electron chi connectivity index (χ3n) is 6.13. The van der Waals surface area contributed by atoms with Crippen molar-refractivity contribution in [3.8, 4) is 11.5 Å². The van der Waals surface area contributed by atoms with Gasteiger partial charge in [0.15, 0.2) is 0 Å². The van der Waals surface area contributed by atoms with Crippen molar-refractivity contribution in [1.82, 2.24) is 9.80 Å². The maximum Gasteiger partial charge on any atom is 0.229 e. The maximum atomic E-state index is 13.2. The topological polar surface area (TPSA) is 42.0 Å². The standard InChI is InChI=1S/C20H28N2O3/c1-21-9-3-5-17(21)18-6-4-10-22(18)20(23)15-11-14-7-8-16(24-2)12-19(14)25-13-15/h7-8,12,15,17-18H,3-6,9-11,13H2,1-2H3/t15-,17-,18-/m1/s1. The van der Waals surface area contributed by atoms with E-state index >= 15 is 0 Å². The normalized spacial score (nSPS) is 29.4. The first-order valence-corrected chi connectivity index (χ1v) is 9.48. The van der Waals surface area contributed by atoms with Crippen molar-refractivity contribution in [3.63, 3.8) is 0 Å². The van der Waals surface area contributed by atoms with Crippen LogP contribution in [-0.2, 0) is 11.2 Å². The molecular weight excluding hydrogens is 316 g/mol. The number of hydrogen-bond acceptors (Lipinski definition) is 4. The molecule has 136 valence electrons. The summed E-state index contributed by atoms with van der Waals surface area (Å²) in [6.45, 7) is 2.54. The summed E-state index contributed by atoms with van der Waals surface area (Å²) in [7, 11) is 3.86. The van der Waals surface area contributed by atoms with Gasteiger partial charge >= 0.3 is 0 Å². The molecule has 3 aliphatic rings. The molecule has 2 saturated heterocycles. The molecule has 3 aliphatic heterocycles. The van der Waals surface area contributed by atoms with Gasteiger partial charge in [-0.1, -0.05) is 6.07 Å². The van der Waals surface area contributed by atoms with E-state index in [9.17, 15) is 4.79 Å². The first kappa shape index (κ1) is 16.7. The second-order valence-corrected chi connectivity index (χ2v) is 7.62. The van der Waals surface area contributed by atoms with Gasteiger partial charge in [-0.3, -0.25) is 4.79 Å². The molecule has 4 rings (SSSR count). The van der Waals surface area contributed by atoms with E-state index in [1.54, 1.807) is 7.11 Å². The second-order valence-electron chi connectivity index (χ2n) is 7.62. The summed E-state index contributed by atoms with van der Waals surface area (Å²) in [5, 5.41) is 0. The van der Waals surface area contributed by atoms with Crippen molar-refractivity contribution in [2.45, 2.75) is 44.2 Å². The molecule has 1 aromatic carbocycles. The fourth-order valence-corrected chi connectivity index (χ4v) is 4.76. The number of fused-ring (bicyclic) bond motifs is 1.